The summed E-state index contributed by atoms with van der Waals surface area (Å²) < 4.78 is 45.7. The number of anilines is 1. The van der Waals surface area contributed by atoms with Crippen molar-refractivity contribution in [1.29, 1.82) is 0 Å². The number of nitrogens with zero attached hydrogens (tertiary/aromatic N) is 2. The van der Waals surface area contributed by atoms with E-state index in [1.54, 1.807) is 30.3 Å². The summed E-state index contributed by atoms with van der Waals surface area (Å²) >= 11 is 6.27. The first-order valence-electron chi connectivity index (χ1n) is 10.6. The quantitative estimate of drug-likeness (QED) is 0.369. The first-order chi connectivity index (χ1) is 16.4. The predicted octanol–water partition coefficient (Wildman–Crippen LogP) is 4.45. The average Bonchev–Trinajstić information content (AvgIpc) is 2.84. The normalized spacial score (nSPS) is 11.2. The zero-order valence-electron chi connectivity index (χ0n) is 18.8. The lowest BCUT2D eigenvalue weighted by Gasteiger charge is -2.17. The number of methoxy groups -OCH3 is 1. The number of nitrogens with one attached hydrogen (secondary N) is 1. The number of aliphatic hydroxyl groups excluding tert-OH is 1. The van der Waals surface area contributed by atoms with Crippen LogP contribution in [-0.2, 0) is 16.4 Å². The van der Waals surface area contributed by atoms with Gasteiger partial charge in [0, 0.05) is 6.07 Å². The fraction of sp³-hybridized carbons (Fsp3) is 0.304. The Hall–Kier alpha value is -3.08. The number of benzene rings is 2. The molecule has 2 N–H and O–H groups in total. The third-order valence-electron chi connectivity index (χ3n) is 4.74. The molecule has 0 aliphatic heterocycles. The monoisotopic (exact) mass is 507 g/mol. The predicted molar refractivity (Wildman–Crippen MR) is 129 cm³/mol. The van der Waals surface area contributed by atoms with Gasteiger partial charge in [-0.25, -0.2) is 13.4 Å². The Balaban J connectivity index is 2.03. The summed E-state index contributed by atoms with van der Waals surface area (Å²) in [5, 5.41) is 9.41. The summed E-state index contributed by atoms with van der Waals surface area (Å²) in [7, 11) is -2.54. The van der Waals surface area contributed by atoms with E-state index in [1.165, 1.54) is 19.2 Å². The van der Waals surface area contributed by atoms with Crippen molar-refractivity contribution in [2.45, 2.75) is 31.1 Å². The van der Waals surface area contributed by atoms with Crippen molar-refractivity contribution in [2.75, 3.05) is 25.0 Å². The number of halogens is 1. The van der Waals surface area contributed by atoms with E-state index >= 15 is 0 Å². The Morgan fingerprint density at radius 1 is 1.15 bits per heavy atom. The molecule has 3 aromatic rings. The molecule has 182 valence electrons. The lowest BCUT2D eigenvalue weighted by molar-refractivity contribution is 0.192. The third kappa shape index (κ3) is 6.28. The average molecular weight is 508 g/mol. The highest BCUT2D eigenvalue weighted by Crippen LogP contribution is 2.40. The van der Waals surface area contributed by atoms with Crippen LogP contribution in [0.5, 0.6) is 23.1 Å². The number of aromatic nitrogens is 2. The second kappa shape index (κ2) is 11.9. The highest BCUT2D eigenvalue weighted by molar-refractivity contribution is 7.92. The lowest BCUT2D eigenvalue weighted by atomic mass is 10.1. The summed E-state index contributed by atoms with van der Waals surface area (Å²) in [5.41, 5.74) is 0.695. The number of aryl methyl sites for hydroxylation is 1. The molecule has 0 saturated heterocycles. The number of rotatable bonds is 12. The van der Waals surface area contributed by atoms with Crippen LogP contribution in [-0.4, -0.2) is 43.8 Å². The molecule has 0 saturated carbocycles. The maximum absolute atomic E-state index is 13.3. The van der Waals surface area contributed by atoms with Gasteiger partial charge >= 0.3 is 0 Å². The van der Waals surface area contributed by atoms with Crippen LogP contribution in [0.4, 0.5) is 5.82 Å². The van der Waals surface area contributed by atoms with Crippen molar-refractivity contribution in [3.05, 3.63) is 59.4 Å². The van der Waals surface area contributed by atoms with Gasteiger partial charge in [-0.1, -0.05) is 43.1 Å². The maximum Gasteiger partial charge on any atom is 0.263 e. The molecule has 0 spiro atoms. The molecule has 34 heavy (non-hydrogen) atoms. The Bertz CT molecular complexity index is 1220. The van der Waals surface area contributed by atoms with E-state index in [0.717, 1.165) is 19.2 Å². The van der Waals surface area contributed by atoms with Gasteiger partial charge in [-0.3, -0.25) is 4.72 Å². The molecule has 0 radical (unpaired) electrons. The molecule has 0 amide bonds. The van der Waals surface area contributed by atoms with Gasteiger partial charge < -0.3 is 19.3 Å². The van der Waals surface area contributed by atoms with E-state index in [-0.39, 0.29) is 46.3 Å². The zero-order chi connectivity index (χ0) is 24.6. The highest BCUT2D eigenvalue weighted by atomic mass is 35.5. The van der Waals surface area contributed by atoms with Crippen LogP contribution in [0.3, 0.4) is 0 Å². The Morgan fingerprint density at radius 3 is 2.68 bits per heavy atom. The molecule has 0 aliphatic rings. The van der Waals surface area contributed by atoms with Crippen LogP contribution in [0.2, 0.25) is 5.02 Å². The van der Waals surface area contributed by atoms with E-state index in [4.69, 9.17) is 30.9 Å². The van der Waals surface area contributed by atoms with E-state index in [1.807, 2.05) is 6.92 Å². The van der Waals surface area contributed by atoms with E-state index in [0.29, 0.717) is 17.7 Å². The molecule has 0 bridgehead atoms. The number of hydrogen-bond acceptors (Lipinski definition) is 8. The van der Waals surface area contributed by atoms with Gasteiger partial charge in [0.25, 0.3) is 15.9 Å². The number of aliphatic hydroxyl groups is 1. The molecule has 3 rings (SSSR count). The maximum atomic E-state index is 13.3. The van der Waals surface area contributed by atoms with Crippen LogP contribution in [0.25, 0.3) is 0 Å². The zero-order valence-corrected chi connectivity index (χ0v) is 20.4. The van der Waals surface area contributed by atoms with Gasteiger partial charge in [0.2, 0.25) is 5.75 Å². The lowest BCUT2D eigenvalue weighted by Crippen LogP contribution is -2.17. The molecular weight excluding hydrogens is 482 g/mol. The molecule has 0 fully saturated rings. The van der Waals surface area contributed by atoms with Crippen LogP contribution < -0.4 is 18.9 Å². The van der Waals surface area contributed by atoms with E-state index in [2.05, 4.69) is 14.7 Å². The first-order valence-corrected chi connectivity index (χ1v) is 12.5. The van der Waals surface area contributed by atoms with Crippen molar-refractivity contribution >= 4 is 27.4 Å². The van der Waals surface area contributed by atoms with Gasteiger partial charge in [-0.2, -0.15) is 4.98 Å². The fourth-order valence-electron chi connectivity index (χ4n) is 3.09. The minimum atomic E-state index is -4.03. The van der Waals surface area contributed by atoms with Crippen LogP contribution in [0.1, 0.15) is 25.3 Å². The largest absolute Gasteiger partial charge is 0.497 e. The van der Waals surface area contributed by atoms with Gasteiger partial charge in [0.05, 0.1) is 23.6 Å². The van der Waals surface area contributed by atoms with Crippen molar-refractivity contribution in [2.24, 2.45) is 0 Å². The molecule has 1 aromatic heterocycles. The molecular formula is C23H26ClN3O6S. The summed E-state index contributed by atoms with van der Waals surface area (Å²) in [5.74, 6) is 0.322. The molecule has 9 nitrogen and oxygen atoms in total. The van der Waals surface area contributed by atoms with E-state index < -0.39 is 10.0 Å². The Labute approximate surface area is 203 Å². The second-order valence-electron chi connectivity index (χ2n) is 7.14. The first kappa shape index (κ1) is 25.5. The van der Waals surface area contributed by atoms with Gasteiger partial charge in [0.15, 0.2) is 5.82 Å². The number of ether oxygens (including phenoxy) is 3. The van der Waals surface area contributed by atoms with Crippen LogP contribution >= 0.6 is 11.6 Å². The second-order valence-corrected chi connectivity index (χ2v) is 9.20. The fourth-order valence-corrected chi connectivity index (χ4v) is 4.53. The van der Waals surface area contributed by atoms with Crippen molar-refractivity contribution < 1.29 is 27.7 Å². The highest BCUT2D eigenvalue weighted by Gasteiger charge is 2.24. The standard InChI is InChI=1S/C23H26ClN3O6S/c1-3-4-7-16-8-5-6-9-20(16)34(29,30)27-22-21(23(26-15-25-22)32-13-12-28)33-19-14-17(31-2)10-11-18(19)24/h5-6,8-11,14-15,28H,3-4,7,12-13H2,1-2H3,(H,25,26,27). The van der Waals surface area contributed by atoms with Crippen LogP contribution in [0, 0.1) is 0 Å². The summed E-state index contributed by atoms with van der Waals surface area (Å²) in [6, 6.07) is 11.5. The molecule has 0 atom stereocenters. The Kier molecular flexibility index (Phi) is 8.91. The topological polar surface area (TPSA) is 120 Å². The van der Waals surface area contributed by atoms with Crippen molar-refractivity contribution in [3.63, 3.8) is 0 Å². The molecule has 0 aliphatic carbocycles. The SMILES string of the molecule is CCCCc1ccccc1S(=O)(=O)Nc1ncnc(OCCO)c1Oc1cc(OC)ccc1Cl. The van der Waals surface area contributed by atoms with Crippen molar-refractivity contribution in [3.8, 4) is 23.1 Å². The minimum absolute atomic E-state index is 0.0695. The summed E-state index contributed by atoms with van der Waals surface area (Å²) in [6.07, 6.45) is 3.53. The Morgan fingerprint density at radius 2 is 1.94 bits per heavy atom. The minimum Gasteiger partial charge on any atom is -0.497 e. The van der Waals surface area contributed by atoms with E-state index in [9.17, 15) is 8.42 Å². The van der Waals surface area contributed by atoms with Crippen molar-refractivity contribution in [1.82, 2.24) is 9.97 Å². The van der Waals surface area contributed by atoms with Crippen LogP contribution in [0.15, 0.2) is 53.7 Å². The molecule has 11 heteroatoms. The summed E-state index contributed by atoms with van der Waals surface area (Å²) in [4.78, 5) is 8.25. The van der Waals surface area contributed by atoms with Gasteiger partial charge in [0.1, 0.15) is 24.4 Å². The van der Waals surface area contributed by atoms with Gasteiger partial charge in [-0.05, 0) is 36.6 Å². The number of sulfonamides is 1. The smallest absolute Gasteiger partial charge is 0.263 e. The number of hydrogen-bond donors (Lipinski definition) is 2. The molecule has 2 aromatic carbocycles. The molecule has 1 heterocycles. The third-order valence-corrected chi connectivity index (χ3v) is 6.50. The number of unbranched alkanes of at least 4 members (excludes halogenated alkanes) is 1. The van der Waals surface area contributed by atoms with Gasteiger partial charge in [-0.15, -0.1) is 0 Å². The summed E-state index contributed by atoms with van der Waals surface area (Å²) in [6.45, 7) is 1.66. The molecule has 0 unspecified atom stereocenters.